The smallest absolute Gasteiger partial charge is 0.303 e. The van der Waals surface area contributed by atoms with E-state index in [9.17, 15) is 14.4 Å². The molecule has 0 radical (unpaired) electrons. The lowest BCUT2D eigenvalue weighted by atomic mass is 9.94. The molecule has 0 spiro atoms. The van der Waals surface area contributed by atoms with Crippen LogP contribution >= 0.6 is 11.6 Å². The van der Waals surface area contributed by atoms with E-state index in [1.807, 2.05) is 67.6 Å². The Morgan fingerprint density at radius 1 is 0.950 bits per heavy atom. The van der Waals surface area contributed by atoms with Crippen LogP contribution in [0.25, 0.3) is 10.8 Å². The summed E-state index contributed by atoms with van der Waals surface area (Å²) < 4.78 is 5.93. The lowest BCUT2D eigenvalue weighted by Gasteiger charge is -2.18. The SMILES string of the molecule is CC(=O)Nc1ccc(OCc2ccc(CCCC(=O)O)c(NC(=O)C(C)c3cccc4ccccc34)c2)c(Cl)c1. The lowest BCUT2D eigenvalue weighted by molar-refractivity contribution is -0.137. The van der Waals surface area contributed by atoms with Crippen molar-refractivity contribution in [1.29, 1.82) is 0 Å². The Kier molecular flexibility index (Phi) is 9.40. The summed E-state index contributed by atoms with van der Waals surface area (Å²) in [5.74, 6) is -1.18. The second kappa shape index (κ2) is 13.1. The first-order valence-corrected chi connectivity index (χ1v) is 13.4. The molecule has 0 saturated heterocycles. The first kappa shape index (κ1) is 28.6. The van der Waals surface area contributed by atoms with E-state index in [4.69, 9.17) is 21.4 Å². The summed E-state index contributed by atoms with van der Waals surface area (Å²) in [6, 6.07) is 24.5. The number of nitrogens with one attached hydrogen (secondary N) is 2. The van der Waals surface area contributed by atoms with Gasteiger partial charge in [-0.25, -0.2) is 0 Å². The van der Waals surface area contributed by atoms with Crippen molar-refractivity contribution in [1.82, 2.24) is 0 Å². The first-order chi connectivity index (χ1) is 19.2. The van der Waals surface area contributed by atoms with Gasteiger partial charge in [0.2, 0.25) is 11.8 Å². The van der Waals surface area contributed by atoms with Gasteiger partial charge in [0.15, 0.2) is 0 Å². The number of amides is 2. The van der Waals surface area contributed by atoms with Crippen molar-refractivity contribution in [2.75, 3.05) is 10.6 Å². The standard InChI is InChI=1S/C32H31ClN2O5/c1-20(26-11-5-8-23-7-3-4-10-27(23)26)32(39)35-29-17-22(13-14-24(29)9-6-12-31(37)38)19-40-30-16-15-25(18-28(30)33)34-21(2)36/h3-5,7-8,10-11,13-18,20H,6,9,12,19H2,1-2H3,(H,34,36)(H,35,39)(H,37,38). The van der Waals surface area contributed by atoms with Crippen LogP contribution in [0.15, 0.2) is 78.9 Å². The van der Waals surface area contributed by atoms with E-state index in [0.717, 1.165) is 27.5 Å². The Bertz CT molecular complexity index is 1550. The highest BCUT2D eigenvalue weighted by Gasteiger charge is 2.19. The van der Waals surface area contributed by atoms with Gasteiger partial charge in [-0.05, 0) is 71.5 Å². The fourth-order valence-corrected chi connectivity index (χ4v) is 4.78. The van der Waals surface area contributed by atoms with Gasteiger partial charge in [0.05, 0.1) is 10.9 Å². The minimum atomic E-state index is -0.860. The van der Waals surface area contributed by atoms with Crippen LogP contribution in [0.5, 0.6) is 5.75 Å². The number of aliphatic carboxylic acids is 1. The van der Waals surface area contributed by atoms with Crippen LogP contribution in [-0.2, 0) is 27.4 Å². The van der Waals surface area contributed by atoms with Crippen molar-refractivity contribution in [3.05, 3.63) is 101 Å². The molecule has 2 amide bonds. The van der Waals surface area contributed by atoms with Crippen molar-refractivity contribution < 1.29 is 24.2 Å². The number of halogens is 1. The number of carboxylic acids is 1. The van der Waals surface area contributed by atoms with Crippen LogP contribution < -0.4 is 15.4 Å². The highest BCUT2D eigenvalue weighted by molar-refractivity contribution is 6.32. The number of aryl methyl sites for hydroxylation is 1. The van der Waals surface area contributed by atoms with E-state index < -0.39 is 11.9 Å². The Morgan fingerprint density at radius 2 is 1.73 bits per heavy atom. The highest BCUT2D eigenvalue weighted by Crippen LogP contribution is 2.30. The third-order valence-electron chi connectivity index (χ3n) is 6.60. The van der Waals surface area contributed by atoms with Crippen LogP contribution in [0.1, 0.15) is 49.3 Å². The van der Waals surface area contributed by atoms with Crippen molar-refractivity contribution in [2.24, 2.45) is 0 Å². The normalized spacial score (nSPS) is 11.6. The van der Waals surface area contributed by atoms with Gasteiger partial charge in [0.25, 0.3) is 0 Å². The van der Waals surface area contributed by atoms with Gasteiger partial charge >= 0.3 is 5.97 Å². The highest BCUT2D eigenvalue weighted by atomic mass is 35.5. The van der Waals surface area contributed by atoms with Crippen molar-refractivity contribution in [2.45, 2.75) is 45.6 Å². The molecule has 40 heavy (non-hydrogen) atoms. The van der Waals surface area contributed by atoms with Crippen LogP contribution in [0.3, 0.4) is 0 Å². The summed E-state index contributed by atoms with van der Waals surface area (Å²) in [7, 11) is 0. The van der Waals surface area contributed by atoms with Gasteiger partial charge in [-0.1, -0.05) is 66.2 Å². The van der Waals surface area contributed by atoms with E-state index in [1.165, 1.54) is 6.92 Å². The van der Waals surface area contributed by atoms with Crippen molar-refractivity contribution >= 4 is 51.5 Å². The number of hydrogen-bond acceptors (Lipinski definition) is 4. The average Bonchev–Trinajstić information content (AvgIpc) is 2.92. The molecule has 0 fully saturated rings. The molecular formula is C32H31ClN2O5. The maximum atomic E-state index is 13.5. The van der Waals surface area contributed by atoms with Crippen molar-refractivity contribution in [3.8, 4) is 5.75 Å². The zero-order chi connectivity index (χ0) is 28.6. The fraction of sp³-hybridized carbons (Fsp3) is 0.219. The molecule has 0 aliphatic heterocycles. The largest absolute Gasteiger partial charge is 0.487 e. The average molecular weight is 559 g/mol. The van der Waals surface area contributed by atoms with E-state index in [2.05, 4.69) is 10.6 Å². The molecule has 0 bridgehead atoms. The van der Waals surface area contributed by atoms with Gasteiger partial charge in [0, 0.05) is 24.7 Å². The molecule has 3 N–H and O–H groups in total. The summed E-state index contributed by atoms with van der Waals surface area (Å²) in [5, 5.41) is 17.3. The fourth-order valence-electron chi connectivity index (χ4n) is 4.55. The van der Waals surface area contributed by atoms with Crippen LogP contribution in [0, 0.1) is 0 Å². The summed E-state index contributed by atoms with van der Waals surface area (Å²) >= 11 is 6.34. The third kappa shape index (κ3) is 7.39. The molecule has 4 aromatic carbocycles. The number of carbonyl (C=O) groups is 3. The number of rotatable bonds is 11. The van der Waals surface area contributed by atoms with Crippen LogP contribution in [0.4, 0.5) is 11.4 Å². The molecule has 0 saturated carbocycles. The number of ether oxygens (including phenoxy) is 1. The molecule has 1 unspecified atom stereocenters. The summed E-state index contributed by atoms with van der Waals surface area (Å²) in [6.07, 6.45) is 0.989. The molecule has 7 nitrogen and oxygen atoms in total. The molecule has 0 aliphatic carbocycles. The molecule has 206 valence electrons. The minimum absolute atomic E-state index is 0.0393. The first-order valence-electron chi connectivity index (χ1n) is 13.0. The predicted octanol–water partition coefficient (Wildman–Crippen LogP) is 7.18. The van der Waals surface area contributed by atoms with E-state index >= 15 is 0 Å². The second-order valence-corrected chi connectivity index (χ2v) is 10.0. The van der Waals surface area contributed by atoms with Crippen molar-refractivity contribution in [3.63, 3.8) is 0 Å². The number of carbonyl (C=O) groups excluding carboxylic acids is 2. The zero-order valence-corrected chi connectivity index (χ0v) is 23.1. The van der Waals surface area contributed by atoms with Gasteiger partial charge in [-0.3, -0.25) is 14.4 Å². The molecule has 8 heteroatoms. The lowest BCUT2D eigenvalue weighted by Crippen LogP contribution is -2.20. The van der Waals surface area contributed by atoms with Crippen LogP contribution in [-0.4, -0.2) is 22.9 Å². The van der Waals surface area contributed by atoms with E-state index in [-0.39, 0.29) is 24.8 Å². The molecule has 0 aromatic heterocycles. The zero-order valence-electron chi connectivity index (χ0n) is 22.4. The number of fused-ring (bicyclic) bond motifs is 1. The number of carboxylic acid groups (broad SMARTS) is 1. The monoisotopic (exact) mass is 558 g/mol. The second-order valence-electron chi connectivity index (χ2n) is 9.63. The number of benzene rings is 4. The minimum Gasteiger partial charge on any atom is -0.487 e. The maximum absolute atomic E-state index is 13.5. The summed E-state index contributed by atoms with van der Waals surface area (Å²) in [4.78, 5) is 35.8. The Morgan fingerprint density at radius 3 is 2.48 bits per heavy atom. The number of anilines is 2. The summed E-state index contributed by atoms with van der Waals surface area (Å²) in [5.41, 5.74) is 3.77. The Hall–Kier alpha value is -4.36. The molecule has 4 aromatic rings. The molecule has 1 atom stereocenters. The Labute approximate surface area is 238 Å². The molecule has 4 rings (SSSR count). The molecule has 0 heterocycles. The number of hydrogen-bond donors (Lipinski definition) is 3. The maximum Gasteiger partial charge on any atom is 0.303 e. The third-order valence-corrected chi connectivity index (χ3v) is 6.89. The van der Waals surface area contributed by atoms with Gasteiger partial charge in [-0.15, -0.1) is 0 Å². The van der Waals surface area contributed by atoms with Gasteiger partial charge < -0.3 is 20.5 Å². The predicted molar refractivity (Wildman–Crippen MR) is 158 cm³/mol. The van der Waals surface area contributed by atoms with E-state index in [0.29, 0.717) is 35.0 Å². The van der Waals surface area contributed by atoms with Crippen LogP contribution in [0.2, 0.25) is 5.02 Å². The topological polar surface area (TPSA) is 105 Å². The van der Waals surface area contributed by atoms with E-state index in [1.54, 1.807) is 18.2 Å². The molecular weight excluding hydrogens is 528 g/mol. The summed E-state index contributed by atoms with van der Waals surface area (Å²) in [6.45, 7) is 3.49. The van der Waals surface area contributed by atoms with Gasteiger partial charge in [-0.2, -0.15) is 0 Å². The van der Waals surface area contributed by atoms with Gasteiger partial charge in [0.1, 0.15) is 12.4 Å². The quantitative estimate of drug-likeness (QED) is 0.181. The molecule has 0 aliphatic rings. The Balaban J connectivity index is 1.54.